The standard InChI is InChI=1S/C19H23F3N2O2/c1-18(2,3)26-17(25)24-13-5-4-6-14(24)10-12(9-13)15-11-23-8-7-16(15)19(20,21)22/h7-9,11,13-14H,4-6,10H2,1-3H3. The summed E-state index contributed by atoms with van der Waals surface area (Å²) in [5, 5.41) is 0. The van der Waals surface area contributed by atoms with Gasteiger partial charge in [0.1, 0.15) is 5.60 Å². The summed E-state index contributed by atoms with van der Waals surface area (Å²) in [7, 11) is 0. The number of alkyl halides is 3. The van der Waals surface area contributed by atoms with Crippen molar-refractivity contribution in [2.45, 2.75) is 70.3 Å². The zero-order valence-corrected chi connectivity index (χ0v) is 15.1. The largest absolute Gasteiger partial charge is 0.444 e. The lowest BCUT2D eigenvalue weighted by Gasteiger charge is -2.45. The summed E-state index contributed by atoms with van der Waals surface area (Å²) in [6.07, 6.45) is 2.18. The average Bonchev–Trinajstić information content (AvgIpc) is 2.51. The number of halogens is 3. The Morgan fingerprint density at radius 3 is 2.62 bits per heavy atom. The first-order valence-electron chi connectivity index (χ1n) is 8.80. The van der Waals surface area contributed by atoms with E-state index in [1.165, 1.54) is 6.20 Å². The van der Waals surface area contributed by atoms with E-state index in [4.69, 9.17) is 4.74 Å². The van der Waals surface area contributed by atoms with E-state index in [-0.39, 0.29) is 17.6 Å². The number of pyridine rings is 1. The topological polar surface area (TPSA) is 42.4 Å². The Bertz CT molecular complexity index is 722. The fraction of sp³-hybridized carbons (Fsp3) is 0.579. The number of carbonyl (C=O) groups excluding carboxylic acids is 1. The van der Waals surface area contributed by atoms with Crippen molar-refractivity contribution in [3.8, 4) is 0 Å². The van der Waals surface area contributed by atoms with Crippen LogP contribution in [0.5, 0.6) is 0 Å². The van der Waals surface area contributed by atoms with Crippen LogP contribution in [0, 0.1) is 0 Å². The lowest BCUT2D eigenvalue weighted by molar-refractivity contribution is -0.137. The molecule has 2 aliphatic rings. The van der Waals surface area contributed by atoms with Gasteiger partial charge in [0.2, 0.25) is 0 Å². The van der Waals surface area contributed by atoms with E-state index in [1.807, 2.05) is 0 Å². The fourth-order valence-corrected chi connectivity index (χ4v) is 3.73. The summed E-state index contributed by atoms with van der Waals surface area (Å²) in [5.74, 6) is 0. The third-order valence-electron chi connectivity index (χ3n) is 4.71. The highest BCUT2D eigenvalue weighted by atomic mass is 19.4. The van der Waals surface area contributed by atoms with Crippen molar-refractivity contribution < 1.29 is 22.7 Å². The van der Waals surface area contributed by atoms with Crippen molar-refractivity contribution in [1.82, 2.24) is 9.88 Å². The Labute approximate surface area is 151 Å². The van der Waals surface area contributed by atoms with Crippen LogP contribution in [0.2, 0.25) is 0 Å². The van der Waals surface area contributed by atoms with E-state index in [0.29, 0.717) is 12.0 Å². The van der Waals surface area contributed by atoms with Gasteiger partial charge in [0, 0.05) is 24.0 Å². The second-order valence-electron chi connectivity index (χ2n) is 7.85. The van der Waals surface area contributed by atoms with E-state index < -0.39 is 23.4 Å². The SMILES string of the molecule is CC(C)(C)OC(=O)N1C2C=C(c3cnccc3C(F)(F)F)CC1CCC2. The molecule has 7 heteroatoms. The molecule has 2 aliphatic heterocycles. The van der Waals surface area contributed by atoms with Crippen LogP contribution in [-0.4, -0.2) is 33.7 Å². The Morgan fingerprint density at radius 2 is 2.00 bits per heavy atom. The molecule has 1 aromatic heterocycles. The van der Waals surface area contributed by atoms with E-state index in [1.54, 1.807) is 31.7 Å². The first-order chi connectivity index (χ1) is 12.1. The minimum absolute atomic E-state index is 0.112. The van der Waals surface area contributed by atoms with Crippen molar-refractivity contribution in [3.63, 3.8) is 0 Å². The molecule has 1 aromatic rings. The fourth-order valence-electron chi connectivity index (χ4n) is 3.73. The normalized spacial score (nSPS) is 23.5. The lowest BCUT2D eigenvalue weighted by Crippen LogP contribution is -2.53. The van der Waals surface area contributed by atoms with Crippen molar-refractivity contribution >= 4 is 11.7 Å². The third-order valence-corrected chi connectivity index (χ3v) is 4.71. The maximum absolute atomic E-state index is 13.3. The number of carbonyl (C=O) groups is 1. The van der Waals surface area contributed by atoms with Gasteiger partial charge in [-0.2, -0.15) is 13.2 Å². The minimum atomic E-state index is -4.43. The Kier molecular flexibility index (Phi) is 4.75. The Morgan fingerprint density at radius 1 is 1.27 bits per heavy atom. The van der Waals surface area contributed by atoms with Crippen LogP contribution in [0.4, 0.5) is 18.0 Å². The number of aromatic nitrogens is 1. The molecule has 0 radical (unpaired) electrons. The number of fused-ring (bicyclic) bond motifs is 2. The molecule has 2 bridgehead atoms. The van der Waals surface area contributed by atoms with Gasteiger partial charge in [0.05, 0.1) is 11.6 Å². The molecule has 4 nitrogen and oxygen atoms in total. The van der Waals surface area contributed by atoms with Gasteiger partial charge >= 0.3 is 12.3 Å². The molecule has 1 amide bonds. The smallest absolute Gasteiger partial charge is 0.417 e. The minimum Gasteiger partial charge on any atom is -0.444 e. The molecule has 2 atom stereocenters. The maximum Gasteiger partial charge on any atom is 0.417 e. The third kappa shape index (κ3) is 3.86. The summed E-state index contributed by atoms with van der Waals surface area (Å²) in [6.45, 7) is 5.41. The molecule has 0 aromatic carbocycles. The highest BCUT2D eigenvalue weighted by Gasteiger charge is 2.41. The monoisotopic (exact) mass is 368 g/mol. The predicted molar refractivity (Wildman–Crippen MR) is 91.3 cm³/mol. The number of rotatable bonds is 1. The van der Waals surface area contributed by atoms with Crippen LogP contribution in [0.3, 0.4) is 0 Å². The molecular weight excluding hydrogens is 345 g/mol. The summed E-state index contributed by atoms with van der Waals surface area (Å²) >= 11 is 0. The van der Waals surface area contributed by atoms with Crippen molar-refractivity contribution in [2.75, 3.05) is 0 Å². The van der Waals surface area contributed by atoms with Crippen LogP contribution >= 0.6 is 0 Å². The van der Waals surface area contributed by atoms with Gasteiger partial charge in [-0.1, -0.05) is 6.08 Å². The molecule has 1 fully saturated rings. The van der Waals surface area contributed by atoms with Gasteiger partial charge in [-0.3, -0.25) is 9.88 Å². The van der Waals surface area contributed by atoms with Crippen LogP contribution in [-0.2, 0) is 10.9 Å². The highest BCUT2D eigenvalue weighted by Crippen LogP contribution is 2.41. The number of hydrogen-bond acceptors (Lipinski definition) is 3. The second kappa shape index (κ2) is 6.59. The van der Waals surface area contributed by atoms with Crippen LogP contribution in [0.25, 0.3) is 5.57 Å². The number of nitrogens with zero attached hydrogens (tertiary/aromatic N) is 2. The molecular formula is C19H23F3N2O2. The van der Waals surface area contributed by atoms with E-state index in [9.17, 15) is 18.0 Å². The Hall–Kier alpha value is -2.05. The van der Waals surface area contributed by atoms with Gasteiger partial charge in [-0.05, 0) is 58.1 Å². The number of hydrogen-bond donors (Lipinski definition) is 0. The van der Waals surface area contributed by atoms with E-state index in [0.717, 1.165) is 31.5 Å². The number of piperidine rings is 1. The molecule has 3 rings (SSSR count). The summed E-state index contributed by atoms with van der Waals surface area (Å²) in [4.78, 5) is 18.2. The molecule has 0 saturated carbocycles. The highest BCUT2D eigenvalue weighted by molar-refractivity contribution is 5.75. The number of amides is 1. The molecule has 0 aliphatic carbocycles. The quantitative estimate of drug-likeness (QED) is 0.697. The van der Waals surface area contributed by atoms with Crippen molar-refractivity contribution in [2.24, 2.45) is 0 Å². The first kappa shape index (κ1) is 18.7. The van der Waals surface area contributed by atoms with E-state index in [2.05, 4.69) is 4.98 Å². The lowest BCUT2D eigenvalue weighted by atomic mass is 9.82. The average molecular weight is 368 g/mol. The summed E-state index contributed by atoms with van der Waals surface area (Å²) < 4.78 is 45.5. The zero-order valence-electron chi connectivity index (χ0n) is 15.1. The second-order valence-corrected chi connectivity index (χ2v) is 7.85. The maximum atomic E-state index is 13.3. The molecule has 0 N–H and O–H groups in total. The number of ether oxygens (including phenoxy) is 1. The van der Waals surface area contributed by atoms with Crippen LogP contribution in [0.15, 0.2) is 24.5 Å². The molecule has 3 heterocycles. The molecule has 0 spiro atoms. The van der Waals surface area contributed by atoms with Gasteiger partial charge < -0.3 is 4.74 Å². The Balaban J connectivity index is 1.94. The molecule has 142 valence electrons. The summed E-state index contributed by atoms with van der Waals surface area (Å²) in [5.41, 5.74) is -0.564. The van der Waals surface area contributed by atoms with Gasteiger partial charge in [-0.25, -0.2) is 4.79 Å². The van der Waals surface area contributed by atoms with E-state index >= 15 is 0 Å². The zero-order chi connectivity index (χ0) is 19.1. The van der Waals surface area contributed by atoms with Gasteiger partial charge in [-0.15, -0.1) is 0 Å². The molecule has 1 saturated heterocycles. The first-order valence-corrected chi connectivity index (χ1v) is 8.80. The van der Waals surface area contributed by atoms with Gasteiger partial charge in [0.15, 0.2) is 0 Å². The molecule has 26 heavy (non-hydrogen) atoms. The van der Waals surface area contributed by atoms with Crippen molar-refractivity contribution in [1.29, 1.82) is 0 Å². The predicted octanol–water partition coefficient (Wildman–Crippen LogP) is 5.05. The molecule has 2 unspecified atom stereocenters. The van der Waals surface area contributed by atoms with Gasteiger partial charge in [0.25, 0.3) is 0 Å². The van der Waals surface area contributed by atoms with Crippen LogP contribution < -0.4 is 0 Å². The van der Waals surface area contributed by atoms with Crippen LogP contribution in [0.1, 0.15) is 57.6 Å². The summed E-state index contributed by atoms with van der Waals surface area (Å²) in [6, 6.07) is 0.616. The van der Waals surface area contributed by atoms with Crippen molar-refractivity contribution in [3.05, 3.63) is 35.7 Å².